The van der Waals surface area contributed by atoms with Crippen molar-refractivity contribution in [1.29, 1.82) is 0 Å². The van der Waals surface area contributed by atoms with Crippen molar-refractivity contribution >= 4 is 22.7 Å². The Morgan fingerprint density at radius 1 is 1.29 bits per heavy atom. The summed E-state index contributed by atoms with van der Waals surface area (Å²) < 4.78 is 3.34. The number of rotatable bonds is 4. The van der Waals surface area contributed by atoms with Gasteiger partial charge in [-0.05, 0) is 6.07 Å². The zero-order chi connectivity index (χ0) is 15.0. The number of carboxylic acid groups (broad SMARTS) is 1. The second-order valence-electron chi connectivity index (χ2n) is 4.66. The molecule has 0 saturated heterocycles. The SMILES string of the molecule is Cn1nccc1CNc1c(C(=O)O)cnc2c1cnn2C. The minimum Gasteiger partial charge on any atom is -0.478 e. The average Bonchev–Trinajstić information content (AvgIpc) is 3.03. The van der Waals surface area contributed by atoms with Crippen molar-refractivity contribution in [2.75, 3.05) is 5.32 Å². The quantitative estimate of drug-likeness (QED) is 0.743. The Kier molecular flexibility index (Phi) is 3.05. The summed E-state index contributed by atoms with van der Waals surface area (Å²) in [4.78, 5) is 15.5. The number of nitrogens with zero attached hydrogens (tertiary/aromatic N) is 5. The molecule has 0 atom stereocenters. The van der Waals surface area contributed by atoms with Gasteiger partial charge in [-0.3, -0.25) is 9.36 Å². The number of fused-ring (bicyclic) bond motifs is 1. The molecule has 0 aliphatic carbocycles. The third-order valence-corrected chi connectivity index (χ3v) is 3.36. The molecule has 0 fully saturated rings. The van der Waals surface area contributed by atoms with Crippen molar-refractivity contribution in [3.63, 3.8) is 0 Å². The van der Waals surface area contributed by atoms with E-state index in [0.29, 0.717) is 23.3 Å². The lowest BCUT2D eigenvalue weighted by atomic mass is 10.2. The summed E-state index contributed by atoms with van der Waals surface area (Å²) in [6, 6.07) is 1.87. The zero-order valence-corrected chi connectivity index (χ0v) is 11.6. The summed E-state index contributed by atoms with van der Waals surface area (Å²) in [5, 5.41) is 21.4. The van der Waals surface area contributed by atoms with E-state index in [-0.39, 0.29) is 5.56 Å². The first-order valence-corrected chi connectivity index (χ1v) is 6.32. The first kappa shape index (κ1) is 13.1. The predicted octanol–water partition coefficient (Wildman–Crippen LogP) is 1.01. The normalized spacial score (nSPS) is 11.0. The van der Waals surface area contributed by atoms with Crippen LogP contribution in [0.25, 0.3) is 11.0 Å². The van der Waals surface area contributed by atoms with Crippen LogP contribution in [0.3, 0.4) is 0 Å². The van der Waals surface area contributed by atoms with E-state index in [1.165, 1.54) is 6.20 Å². The van der Waals surface area contributed by atoms with Crippen molar-refractivity contribution in [2.24, 2.45) is 14.1 Å². The van der Waals surface area contributed by atoms with Crippen LogP contribution in [0.5, 0.6) is 0 Å². The number of aromatic nitrogens is 5. The van der Waals surface area contributed by atoms with Crippen LogP contribution >= 0.6 is 0 Å². The number of hydrogen-bond acceptors (Lipinski definition) is 5. The fraction of sp³-hybridized carbons (Fsp3) is 0.231. The van der Waals surface area contributed by atoms with Crippen molar-refractivity contribution in [1.82, 2.24) is 24.5 Å². The molecule has 0 amide bonds. The summed E-state index contributed by atoms with van der Waals surface area (Å²) in [7, 11) is 3.60. The highest BCUT2D eigenvalue weighted by Crippen LogP contribution is 2.26. The Morgan fingerprint density at radius 3 is 2.76 bits per heavy atom. The maximum Gasteiger partial charge on any atom is 0.339 e. The van der Waals surface area contributed by atoms with E-state index in [1.807, 2.05) is 13.1 Å². The van der Waals surface area contributed by atoms with Gasteiger partial charge >= 0.3 is 5.97 Å². The van der Waals surface area contributed by atoms with Gasteiger partial charge in [0, 0.05) is 26.5 Å². The largest absolute Gasteiger partial charge is 0.478 e. The van der Waals surface area contributed by atoms with E-state index in [2.05, 4.69) is 20.5 Å². The Balaban J connectivity index is 2.04. The van der Waals surface area contributed by atoms with Crippen molar-refractivity contribution in [3.8, 4) is 0 Å². The molecule has 0 aliphatic rings. The Hall–Kier alpha value is -2.90. The van der Waals surface area contributed by atoms with Gasteiger partial charge in [0.15, 0.2) is 5.65 Å². The van der Waals surface area contributed by atoms with Gasteiger partial charge in [-0.15, -0.1) is 0 Å². The molecular weight excluding hydrogens is 272 g/mol. The second kappa shape index (κ2) is 4.89. The van der Waals surface area contributed by atoms with Crippen LogP contribution in [0.1, 0.15) is 16.1 Å². The highest BCUT2D eigenvalue weighted by Gasteiger charge is 2.17. The highest BCUT2D eigenvalue weighted by atomic mass is 16.4. The van der Waals surface area contributed by atoms with Crippen LogP contribution in [0, 0.1) is 0 Å². The van der Waals surface area contributed by atoms with Crippen LogP contribution in [-0.2, 0) is 20.6 Å². The fourth-order valence-corrected chi connectivity index (χ4v) is 2.20. The Bertz CT molecular complexity index is 819. The van der Waals surface area contributed by atoms with Gasteiger partial charge in [0.25, 0.3) is 0 Å². The molecular formula is C13H14N6O2. The van der Waals surface area contributed by atoms with E-state index in [4.69, 9.17) is 0 Å². The lowest BCUT2D eigenvalue weighted by molar-refractivity contribution is 0.0697. The van der Waals surface area contributed by atoms with E-state index in [0.717, 1.165) is 5.69 Å². The summed E-state index contributed by atoms with van der Waals surface area (Å²) in [5.74, 6) is -1.03. The first-order valence-electron chi connectivity index (χ1n) is 6.32. The van der Waals surface area contributed by atoms with Gasteiger partial charge < -0.3 is 10.4 Å². The van der Waals surface area contributed by atoms with E-state index < -0.39 is 5.97 Å². The topological polar surface area (TPSA) is 97.9 Å². The molecule has 0 unspecified atom stereocenters. The maximum absolute atomic E-state index is 11.4. The van der Waals surface area contributed by atoms with Crippen LogP contribution in [0.2, 0.25) is 0 Å². The van der Waals surface area contributed by atoms with E-state index in [9.17, 15) is 9.90 Å². The summed E-state index contributed by atoms with van der Waals surface area (Å²) in [5.41, 5.74) is 2.21. The van der Waals surface area contributed by atoms with Gasteiger partial charge in [0.2, 0.25) is 0 Å². The van der Waals surface area contributed by atoms with Crippen LogP contribution in [0.15, 0.2) is 24.7 Å². The number of pyridine rings is 1. The average molecular weight is 286 g/mol. The third kappa shape index (κ3) is 2.20. The summed E-state index contributed by atoms with van der Waals surface area (Å²) >= 11 is 0. The highest BCUT2D eigenvalue weighted by molar-refractivity contribution is 6.03. The molecule has 8 heteroatoms. The minimum absolute atomic E-state index is 0.123. The summed E-state index contributed by atoms with van der Waals surface area (Å²) in [6.07, 6.45) is 4.65. The number of aryl methyl sites for hydroxylation is 2. The predicted molar refractivity (Wildman–Crippen MR) is 76.0 cm³/mol. The molecule has 21 heavy (non-hydrogen) atoms. The van der Waals surface area contributed by atoms with Gasteiger partial charge in [0.05, 0.1) is 29.5 Å². The molecule has 2 N–H and O–H groups in total. The summed E-state index contributed by atoms with van der Waals surface area (Å²) in [6.45, 7) is 0.463. The van der Waals surface area contributed by atoms with E-state index >= 15 is 0 Å². The number of hydrogen-bond donors (Lipinski definition) is 2. The molecule has 0 spiro atoms. The van der Waals surface area contributed by atoms with Gasteiger partial charge in [-0.1, -0.05) is 0 Å². The third-order valence-electron chi connectivity index (χ3n) is 3.36. The molecule has 0 bridgehead atoms. The maximum atomic E-state index is 11.4. The van der Waals surface area contributed by atoms with Crippen LogP contribution < -0.4 is 5.32 Å². The van der Waals surface area contributed by atoms with Crippen molar-refractivity contribution < 1.29 is 9.90 Å². The lowest BCUT2D eigenvalue weighted by Crippen LogP contribution is -2.10. The first-order chi connectivity index (χ1) is 10.1. The van der Waals surface area contributed by atoms with Crippen LogP contribution in [0.4, 0.5) is 5.69 Å². The number of carbonyl (C=O) groups is 1. The molecule has 3 aromatic heterocycles. The van der Waals surface area contributed by atoms with Crippen molar-refractivity contribution in [2.45, 2.75) is 6.54 Å². The van der Waals surface area contributed by atoms with Crippen molar-refractivity contribution in [3.05, 3.63) is 35.9 Å². The zero-order valence-electron chi connectivity index (χ0n) is 11.6. The second-order valence-corrected chi connectivity index (χ2v) is 4.66. The smallest absolute Gasteiger partial charge is 0.339 e. The molecule has 108 valence electrons. The molecule has 3 rings (SSSR count). The monoisotopic (exact) mass is 286 g/mol. The Labute approximate surface area is 120 Å². The molecule has 3 aromatic rings. The van der Waals surface area contributed by atoms with Gasteiger partial charge in [-0.2, -0.15) is 10.2 Å². The number of anilines is 1. The fourth-order valence-electron chi connectivity index (χ4n) is 2.20. The molecule has 8 nitrogen and oxygen atoms in total. The molecule has 0 saturated carbocycles. The van der Waals surface area contributed by atoms with Crippen LogP contribution in [-0.4, -0.2) is 35.6 Å². The molecule has 0 aliphatic heterocycles. The number of nitrogens with one attached hydrogen (secondary N) is 1. The molecule has 3 heterocycles. The lowest BCUT2D eigenvalue weighted by Gasteiger charge is -2.10. The molecule has 0 aromatic carbocycles. The standard InChI is InChI=1S/C13H14N6O2/c1-18-8(3-4-16-18)5-14-11-9-7-17-19(2)12(9)15-6-10(11)13(20)21/h3-4,6-7H,5H2,1-2H3,(H,14,15)(H,20,21). The number of carboxylic acids is 1. The number of aromatic carboxylic acids is 1. The van der Waals surface area contributed by atoms with Gasteiger partial charge in [-0.25, -0.2) is 9.78 Å². The van der Waals surface area contributed by atoms with E-state index in [1.54, 1.807) is 28.8 Å². The van der Waals surface area contributed by atoms with Gasteiger partial charge in [0.1, 0.15) is 5.56 Å². The Morgan fingerprint density at radius 2 is 2.10 bits per heavy atom. The minimum atomic E-state index is -1.03. The molecule has 0 radical (unpaired) electrons.